The molecule has 0 saturated carbocycles. The van der Waals surface area contributed by atoms with Crippen molar-refractivity contribution in [3.63, 3.8) is 0 Å². The molecule has 0 radical (unpaired) electrons. The highest BCUT2D eigenvalue weighted by Crippen LogP contribution is 2.19. The maximum absolute atomic E-state index is 12.2. The van der Waals surface area contributed by atoms with Crippen LogP contribution in [0.3, 0.4) is 0 Å². The molecule has 3 nitrogen and oxygen atoms in total. The molecule has 0 amide bonds. The van der Waals surface area contributed by atoms with Crippen LogP contribution in [0.4, 0.5) is 0 Å². The SMILES string of the molecule is O=S(=O)(CCc1ccccc1Cl)C1CCNCC1. The summed E-state index contributed by atoms with van der Waals surface area (Å²) < 4.78 is 24.4. The van der Waals surface area contributed by atoms with Gasteiger partial charge >= 0.3 is 0 Å². The normalized spacial score (nSPS) is 17.8. The highest BCUT2D eigenvalue weighted by molar-refractivity contribution is 7.92. The van der Waals surface area contributed by atoms with E-state index in [1.807, 2.05) is 18.2 Å². The van der Waals surface area contributed by atoms with Gasteiger partial charge in [0, 0.05) is 5.02 Å². The summed E-state index contributed by atoms with van der Waals surface area (Å²) in [6, 6.07) is 7.43. The van der Waals surface area contributed by atoms with Gasteiger partial charge in [0.25, 0.3) is 0 Å². The Bertz CT molecular complexity index is 495. The van der Waals surface area contributed by atoms with Gasteiger partial charge in [-0.15, -0.1) is 0 Å². The summed E-state index contributed by atoms with van der Waals surface area (Å²) in [7, 11) is -3.00. The summed E-state index contributed by atoms with van der Waals surface area (Å²) >= 11 is 6.03. The summed E-state index contributed by atoms with van der Waals surface area (Å²) in [5, 5.41) is 3.66. The van der Waals surface area contributed by atoms with E-state index < -0.39 is 9.84 Å². The minimum Gasteiger partial charge on any atom is -0.317 e. The van der Waals surface area contributed by atoms with Crippen LogP contribution in [-0.2, 0) is 16.3 Å². The minimum absolute atomic E-state index is 0.179. The number of hydrogen-bond donors (Lipinski definition) is 1. The van der Waals surface area contributed by atoms with E-state index in [1.165, 1.54) is 0 Å². The smallest absolute Gasteiger partial charge is 0.153 e. The molecule has 0 bridgehead atoms. The van der Waals surface area contributed by atoms with Crippen LogP contribution >= 0.6 is 11.6 Å². The number of piperidine rings is 1. The van der Waals surface area contributed by atoms with Crippen molar-refractivity contribution < 1.29 is 8.42 Å². The lowest BCUT2D eigenvalue weighted by Gasteiger charge is -2.22. The summed E-state index contributed by atoms with van der Waals surface area (Å²) in [6.45, 7) is 1.60. The number of benzene rings is 1. The first-order chi connectivity index (χ1) is 8.59. The molecule has 100 valence electrons. The maximum Gasteiger partial charge on any atom is 0.153 e. The molecule has 5 heteroatoms. The molecular formula is C13H18ClNO2S. The van der Waals surface area contributed by atoms with Crippen LogP contribution in [0.25, 0.3) is 0 Å². The van der Waals surface area contributed by atoms with Crippen LogP contribution in [0, 0.1) is 0 Å². The zero-order valence-corrected chi connectivity index (χ0v) is 11.8. The third kappa shape index (κ3) is 3.46. The fourth-order valence-corrected chi connectivity index (χ4v) is 4.30. The van der Waals surface area contributed by atoms with E-state index in [-0.39, 0.29) is 11.0 Å². The van der Waals surface area contributed by atoms with Crippen molar-refractivity contribution in [1.82, 2.24) is 5.32 Å². The Kier molecular flexibility index (Phi) is 4.65. The molecule has 18 heavy (non-hydrogen) atoms. The summed E-state index contributed by atoms with van der Waals surface area (Å²) in [5.41, 5.74) is 0.914. The largest absolute Gasteiger partial charge is 0.317 e. The lowest BCUT2D eigenvalue weighted by Crippen LogP contribution is -2.37. The molecule has 0 spiro atoms. The summed E-state index contributed by atoms with van der Waals surface area (Å²) in [6.07, 6.45) is 1.96. The molecule has 2 rings (SSSR count). The number of hydrogen-bond acceptors (Lipinski definition) is 3. The van der Waals surface area contributed by atoms with Crippen LogP contribution < -0.4 is 5.32 Å². The quantitative estimate of drug-likeness (QED) is 0.922. The number of sulfone groups is 1. The van der Waals surface area contributed by atoms with E-state index in [1.54, 1.807) is 6.07 Å². The number of aryl methyl sites for hydroxylation is 1. The van der Waals surface area contributed by atoms with Crippen LogP contribution in [0.1, 0.15) is 18.4 Å². The third-order valence-corrected chi connectivity index (χ3v) is 6.04. The number of nitrogens with one attached hydrogen (secondary N) is 1. The average Bonchev–Trinajstić information content (AvgIpc) is 2.39. The van der Waals surface area contributed by atoms with Crippen LogP contribution in [0.5, 0.6) is 0 Å². The van der Waals surface area contributed by atoms with E-state index in [4.69, 9.17) is 11.6 Å². The number of halogens is 1. The summed E-state index contributed by atoms with van der Waals surface area (Å²) in [4.78, 5) is 0. The Labute approximate surface area is 113 Å². The fourth-order valence-electron chi connectivity index (χ4n) is 2.27. The van der Waals surface area contributed by atoms with Gasteiger partial charge in [0.2, 0.25) is 0 Å². The van der Waals surface area contributed by atoms with Gasteiger partial charge < -0.3 is 5.32 Å². The highest BCUT2D eigenvalue weighted by Gasteiger charge is 2.26. The van der Waals surface area contributed by atoms with Gasteiger partial charge in [0.05, 0.1) is 11.0 Å². The Balaban J connectivity index is 1.98. The van der Waals surface area contributed by atoms with Crippen LogP contribution in [0.2, 0.25) is 5.02 Å². The van der Waals surface area contributed by atoms with Crippen molar-refractivity contribution in [2.24, 2.45) is 0 Å². The molecule has 0 atom stereocenters. The molecule has 1 heterocycles. The van der Waals surface area contributed by atoms with Crippen molar-refractivity contribution in [2.45, 2.75) is 24.5 Å². The van der Waals surface area contributed by atoms with Crippen molar-refractivity contribution in [3.05, 3.63) is 34.9 Å². The molecule has 1 saturated heterocycles. The van der Waals surface area contributed by atoms with Gasteiger partial charge in [-0.05, 0) is 44.0 Å². The lowest BCUT2D eigenvalue weighted by molar-refractivity contribution is 0.496. The molecule has 0 unspecified atom stereocenters. The molecule has 1 aromatic rings. The van der Waals surface area contributed by atoms with Crippen molar-refractivity contribution in [1.29, 1.82) is 0 Å². The Morgan fingerprint density at radius 3 is 2.56 bits per heavy atom. The topological polar surface area (TPSA) is 46.2 Å². The minimum atomic E-state index is -3.00. The molecule has 1 fully saturated rings. The van der Waals surface area contributed by atoms with Crippen molar-refractivity contribution >= 4 is 21.4 Å². The van der Waals surface area contributed by atoms with Gasteiger partial charge in [-0.2, -0.15) is 0 Å². The highest BCUT2D eigenvalue weighted by atomic mass is 35.5. The average molecular weight is 288 g/mol. The first kappa shape index (κ1) is 13.8. The predicted octanol–water partition coefficient (Wildman–Crippen LogP) is 2.05. The van der Waals surface area contributed by atoms with Crippen LogP contribution in [0.15, 0.2) is 24.3 Å². The van der Waals surface area contributed by atoms with Gasteiger partial charge in [0.15, 0.2) is 9.84 Å². The van der Waals surface area contributed by atoms with E-state index in [9.17, 15) is 8.42 Å². The Hall–Kier alpha value is -0.580. The Morgan fingerprint density at radius 1 is 1.22 bits per heavy atom. The molecule has 1 aliphatic rings. The molecule has 1 aromatic carbocycles. The molecule has 1 aliphatic heterocycles. The molecular weight excluding hydrogens is 270 g/mol. The van der Waals surface area contributed by atoms with E-state index in [2.05, 4.69) is 5.32 Å². The molecule has 0 aromatic heterocycles. The van der Waals surface area contributed by atoms with Gasteiger partial charge in [0.1, 0.15) is 0 Å². The number of rotatable bonds is 4. The van der Waals surface area contributed by atoms with Gasteiger partial charge in [-0.25, -0.2) is 8.42 Å². The second kappa shape index (κ2) is 6.04. The van der Waals surface area contributed by atoms with Crippen molar-refractivity contribution in [3.8, 4) is 0 Å². The zero-order valence-electron chi connectivity index (χ0n) is 10.2. The summed E-state index contributed by atoms with van der Waals surface area (Å²) in [5.74, 6) is 0.196. The second-order valence-corrected chi connectivity index (χ2v) is 7.47. The standard InChI is InChI=1S/C13H18ClNO2S/c14-13-4-2-1-3-11(13)7-10-18(16,17)12-5-8-15-9-6-12/h1-4,12,15H,5-10H2. The predicted molar refractivity (Wildman–Crippen MR) is 74.8 cm³/mol. The monoisotopic (exact) mass is 287 g/mol. The van der Waals surface area contributed by atoms with E-state index in [0.29, 0.717) is 11.4 Å². The first-order valence-corrected chi connectivity index (χ1v) is 8.34. The second-order valence-electron chi connectivity index (χ2n) is 4.66. The molecule has 1 N–H and O–H groups in total. The fraction of sp³-hybridized carbons (Fsp3) is 0.538. The van der Waals surface area contributed by atoms with E-state index >= 15 is 0 Å². The van der Waals surface area contributed by atoms with E-state index in [0.717, 1.165) is 31.5 Å². The van der Waals surface area contributed by atoms with Gasteiger partial charge in [-0.1, -0.05) is 29.8 Å². The lowest BCUT2D eigenvalue weighted by atomic mass is 10.2. The van der Waals surface area contributed by atoms with Crippen molar-refractivity contribution in [2.75, 3.05) is 18.8 Å². The van der Waals surface area contributed by atoms with Gasteiger partial charge in [-0.3, -0.25) is 0 Å². The third-order valence-electron chi connectivity index (χ3n) is 3.41. The molecule has 0 aliphatic carbocycles. The van der Waals surface area contributed by atoms with Crippen LogP contribution in [-0.4, -0.2) is 32.5 Å². The first-order valence-electron chi connectivity index (χ1n) is 6.25. The maximum atomic E-state index is 12.2. The zero-order chi connectivity index (χ0) is 13.0. The Morgan fingerprint density at radius 2 is 1.89 bits per heavy atom.